The van der Waals surface area contributed by atoms with Gasteiger partial charge in [0.05, 0.1) is 0 Å². The van der Waals surface area contributed by atoms with Crippen LogP contribution in [0.25, 0.3) is 0 Å². The predicted molar refractivity (Wildman–Crippen MR) is 116 cm³/mol. The molecule has 7 rings (SSSR count). The zero-order valence-electron chi connectivity index (χ0n) is 18.6. The molecule has 166 valence electrons. The minimum atomic E-state index is 0. The fourth-order valence-electron chi connectivity index (χ4n) is 10.2. The summed E-state index contributed by atoms with van der Waals surface area (Å²) in [5.41, 5.74) is 1.47. The van der Waals surface area contributed by atoms with E-state index in [9.17, 15) is 0 Å². The molecule has 1 saturated heterocycles. The van der Waals surface area contributed by atoms with Crippen LogP contribution in [0, 0.1) is 46.3 Å². The zero-order chi connectivity index (χ0) is 19.1. The molecule has 0 N–H and O–H groups in total. The Morgan fingerprint density at radius 3 is 1.39 bits per heavy atom. The Morgan fingerprint density at radius 1 is 0.516 bits per heavy atom. The van der Waals surface area contributed by atoms with Gasteiger partial charge in [-0.25, -0.2) is 0 Å². The minimum Gasteiger partial charge on any atom is -1.00 e. The van der Waals surface area contributed by atoms with E-state index in [-0.39, 0.29) is 44.0 Å². The topological polar surface area (TPSA) is 0 Å². The summed E-state index contributed by atoms with van der Waals surface area (Å²) in [7, 11) is 0. The van der Waals surface area contributed by atoms with E-state index >= 15 is 0 Å². The largest absolute Gasteiger partial charge is 1.00 e. The van der Waals surface area contributed by atoms with Gasteiger partial charge in [0.2, 0.25) is 0 Å². The number of allylic oxidation sites excluding steroid dienone is 8. The van der Waals surface area contributed by atoms with Crippen LogP contribution in [-0.2, 0) is 19.2 Å². The first-order chi connectivity index (χ1) is 14.3. The summed E-state index contributed by atoms with van der Waals surface area (Å²) >= 11 is 0.0470. The van der Waals surface area contributed by atoms with Crippen LogP contribution in [0.1, 0.15) is 64.2 Å². The van der Waals surface area contributed by atoms with Crippen LogP contribution in [0.2, 0.25) is 8.45 Å². The van der Waals surface area contributed by atoms with E-state index in [1.54, 1.807) is 25.7 Å². The molecule has 0 aromatic heterocycles. The maximum absolute atomic E-state index is 2.69. The van der Waals surface area contributed by atoms with Crippen LogP contribution in [0.3, 0.4) is 0 Å². The van der Waals surface area contributed by atoms with Crippen molar-refractivity contribution in [1.29, 1.82) is 0 Å². The first-order valence-corrected chi connectivity index (χ1v) is 14.6. The van der Waals surface area contributed by atoms with Crippen LogP contribution in [-0.4, -0.2) is 0 Å². The first-order valence-electron chi connectivity index (χ1n) is 12.8. The quantitative estimate of drug-likeness (QED) is 0.452. The zero-order valence-corrected chi connectivity index (χ0v) is 21.6. The van der Waals surface area contributed by atoms with Gasteiger partial charge in [0, 0.05) is 0 Å². The van der Waals surface area contributed by atoms with Gasteiger partial charge in [-0.3, -0.25) is 0 Å². The molecule has 10 atom stereocenters. The standard InChI is InChI=1S/C28H36.2ClH.Ti/c1-3-11-23-21(9-1)19-27(15-7-5-13-25(23)27)17-18-28-16-8-6-14-26(28)24-12-4-2-10-22(24)20-28;;;/h1-4,9-12,19-26H,5-8,13-18H2;2*1H;/q;;;+2/p-2. The molecule has 0 radical (unpaired) electrons. The number of hydrogen-bond acceptors (Lipinski definition) is 0. The molecule has 0 aromatic rings. The second-order valence-corrected chi connectivity index (χ2v) is 14.1. The van der Waals surface area contributed by atoms with Crippen molar-refractivity contribution in [2.24, 2.45) is 46.3 Å². The Labute approximate surface area is 210 Å². The summed E-state index contributed by atoms with van der Waals surface area (Å²) in [6.45, 7) is 0. The monoisotopic (exact) mass is 490 g/mol. The Hall–Kier alpha value is 0.254. The first kappa shape index (κ1) is 23.0. The SMILES string of the molecule is C1=CC2C(C=C1)[CH]1[Ti+2][CH]3C4C=CC=CC4C4CCCCC43CCC13CCCCC23.[Cl-].[Cl-]. The number of hydrogen-bond donors (Lipinski definition) is 0. The van der Waals surface area contributed by atoms with E-state index in [1.165, 1.54) is 38.5 Å². The van der Waals surface area contributed by atoms with Gasteiger partial charge < -0.3 is 24.8 Å². The summed E-state index contributed by atoms with van der Waals surface area (Å²) in [5, 5.41) is 0. The smallest absolute Gasteiger partial charge is 1.00 e. The van der Waals surface area contributed by atoms with Gasteiger partial charge >= 0.3 is 187 Å². The summed E-state index contributed by atoms with van der Waals surface area (Å²) in [5.74, 6) is 5.63. The Balaban J connectivity index is 0.00000102. The summed E-state index contributed by atoms with van der Waals surface area (Å²) < 4.78 is 2.17. The van der Waals surface area contributed by atoms with E-state index in [1.807, 2.05) is 0 Å². The second kappa shape index (κ2) is 8.48. The summed E-state index contributed by atoms with van der Waals surface area (Å²) in [4.78, 5) is 0. The maximum Gasteiger partial charge on any atom is -1.00 e. The van der Waals surface area contributed by atoms with Crippen molar-refractivity contribution >= 4 is 0 Å². The predicted octanol–water partition coefficient (Wildman–Crippen LogP) is 1.54. The van der Waals surface area contributed by atoms with Crippen LogP contribution in [0.15, 0.2) is 48.6 Å². The van der Waals surface area contributed by atoms with Gasteiger partial charge in [0.1, 0.15) is 0 Å². The Kier molecular flexibility index (Phi) is 6.30. The van der Waals surface area contributed by atoms with Gasteiger partial charge in [0.15, 0.2) is 0 Å². The molecular formula is C28H36Cl2Ti. The molecule has 1 aliphatic heterocycles. The molecule has 4 saturated carbocycles. The molecule has 0 aromatic carbocycles. The number of fused-ring (bicyclic) bond motifs is 6. The summed E-state index contributed by atoms with van der Waals surface area (Å²) in [6, 6.07) is 0. The van der Waals surface area contributed by atoms with Gasteiger partial charge in [-0.15, -0.1) is 0 Å². The summed E-state index contributed by atoms with van der Waals surface area (Å²) in [6.07, 6.45) is 35.8. The minimum absolute atomic E-state index is 0. The van der Waals surface area contributed by atoms with Gasteiger partial charge in [-0.2, -0.15) is 0 Å². The molecular weight excluding hydrogens is 455 g/mol. The third-order valence-electron chi connectivity index (χ3n) is 11.1. The maximum atomic E-state index is 2.69. The van der Waals surface area contributed by atoms with Gasteiger partial charge in [0.25, 0.3) is 0 Å². The van der Waals surface area contributed by atoms with E-state index in [0.717, 1.165) is 54.8 Å². The molecule has 3 heteroatoms. The van der Waals surface area contributed by atoms with E-state index in [4.69, 9.17) is 0 Å². The van der Waals surface area contributed by atoms with E-state index in [2.05, 4.69) is 48.6 Å². The van der Waals surface area contributed by atoms with E-state index in [0.29, 0.717) is 0 Å². The molecule has 0 nitrogen and oxygen atoms in total. The molecule has 7 aliphatic rings. The molecule has 10 unspecified atom stereocenters. The van der Waals surface area contributed by atoms with Crippen molar-refractivity contribution in [1.82, 2.24) is 0 Å². The fourth-order valence-corrected chi connectivity index (χ4v) is 15.1. The van der Waals surface area contributed by atoms with Gasteiger partial charge in [-0.05, 0) is 0 Å². The van der Waals surface area contributed by atoms with Crippen LogP contribution in [0.5, 0.6) is 0 Å². The molecule has 1 heterocycles. The fraction of sp³-hybridized carbons (Fsp3) is 0.714. The molecule has 5 fully saturated rings. The van der Waals surface area contributed by atoms with Crippen LogP contribution >= 0.6 is 0 Å². The van der Waals surface area contributed by atoms with Crippen molar-refractivity contribution in [3.63, 3.8) is 0 Å². The third-order valence-corrected chi connectivity index (χ3v) is 15.2. The van der Waals surface area contributed by atoms with Gasteiger partial charge in [-0.1, -0.05) is 0 Å². The molecule has 6 aliphatic carbocycles. The van der Waals surface area contributed by atoms with Crippen LogP contribution in [0.4, 0.5) is 0 Å². The molecule has 31 heavy (non-hydrogen) atoms. The average molecular weight is 491 g/mol. The Morgan fingerprint density at radius 2 is 0.935 bits per heavy atom. The van der Waals surface area contributed by atoms with Crippen molar-refractivity contribution in [3.05, 3.63) is 48.6 Å². The van der Waals surface area contributed by atoms with Crippen molar-refractivity contribution in [2.75, 3.05) is 0 Å². The average Bonchev–Trinajstić information content (AvgIpc) is 3.17. The normalized spacial score (nSPS) is 52.4. The van der Waals surface area contributed by atoms with Crippen molar-refractivity contribution < 1.29 is 44.0 Å². The number of rotatable bonds is 0. The third kappa shape index (κ3) is 3.03. The molecule has 0 amide bonds. The number of halogens is 2. The van der Waals surface area contributed by atoms with Crippen LogP contribution < -0.4 is 24.8 Å². The second-order valence-electron chi connectivity index (χ2n) is 11.6. The molecule has 0 bridgehead atoms. The molecule has 2 spiro atoms. The Bertz CT molecular complexity index is 748. The van der Waals surface area contributed by atoms with Crippen molar-refractivity contribution in [2.45, 2.75) is 72.7 Å². The van der Waals surface area contributed by atoms with E-state index < -0.39 is 0 Å². The van der Waals surface area contributed by atoms with Crippen molar-refractivity contribution in [3.8, 4) is 0 Å².